The molecule has 0 unspecified atom stereocenters. The van der Waals surface area contributed by atoms with Gasteiger partial charge in [0.1, 0.15) is 22.8 Å². The SMILES string of the molecule is CCOc1ccc(Oc2ccccc2)cc1SNC(=O)c1cc2ccc(N(C)C)cc2o1. The molecular formula is C25H24N2O4S. The first kappa shape index (κ1) is 21.6. The number of hydrogen-bond donors (Lipinski definition) is 1. The highest BCUT2D eigenvalue weighted by molar-refractivity contribution is 7.98. The Kier molecular flexibility index (Phi) is 6.56. The van der Waals surface area contributed by atoms with E-state index in [4.69, 9.17) is 13.9 Å². The standard InChI is InChI=1S/C25H24N2O4S/c1-4-29-21-13-12-20(30-19-8-6-5-7-9-19)16-24(21)32-26-25(28)23-14-17-10-11-18(27(2)3)15-22(17)31-23/h5-16H,4H2,1-3H3,(H,26,28). The summed E-state index contributed by atoms with van der Waals surface area (Å²) in [6.07, 6.45) is 0. The Labute approximate surface area is 191 Å². The van der Waals surface area contributed by atoms with E-state index in [9.17, 15) is 4.79 Å². The molecule has 0 saturated carbocycles. The van der Waals surface area contributed by atoms with Gasteiger partial charge in [-0.05, 0) is 67.4 Å². The maximum Gasteiger partial charge on any atom is 0.297 e. The molecule has 0 aliphatic carbocycles. The predicted octanol–water partition coefficient (Wildman–Crippen LogP) is 6.13. The number of nitrogens with zero attached hydrogens (tertiary/aromatic N) is 1. The lowest BCUT2D eigenvalue weighted by atomic mass is 10.2. The zero-order valence-electron chi connectivity index (χ0n) is 18.1. The van der Waals surface area contributed by atoms with Crippen molar-refractivity contribution in [3.8, 4) is 17.2 Å². The van der Waals surface area contributed by atoms with Crippen LogP contribution >= 0.6 is 11.9 Å². The van der Waals surface area contributed by atoms with Crippen molar-refractivity contribution in [3.05, 3.63) is 78.6 Å². The summed E-state index contributed by atoms with van der Waals surface area (Å²) >= 11 is 1.16. The van der Waals surface area contributed by atoms with Crippen molar-refractivity contribution in [2.75, 3.05) is 25.6 Å². The van der Waals surface area contributed by atoms with Crippen molar-refractivity contribution >= 4 is 34.5 Å². The number of hydrogen-bond acceptors (Lipinski definition) is 6. The van der Waals surface area contributed by atoms with E-state index in [2.05, 4.69) is 4.72 Å². The van der Waals surface area contributed by atoms with E-state index in [1.165, 1.54) is 0 Å². The maximum absolute atomic E-state index is 12.7. The first-order valence-electron chi connectivity index (χ1n) is 10.2. The summed E-state index contributed by atoms with van der Waals surface area (Å²) < 4.78 is 20.2. The van der Waals surface area contributed by atoms with E-state index < -0.39 is 0 Å². The molecule has 6 nitrogen and oxygen atoms in total. The molecule has 164 valence electrons. The molecule has 32 heavy (non-hydrogen) atoms. The number of furan rings is 1. The molecule has 1 amide bonds. The number of para-hydroxylation sites is 1. The van der Waals surface area contributed by atoms with Gasteiger partial charge in [-0.25, -0.2) is 0 Å². The highest BCUT2D eigenvalue weighted by Crippen LogP contribution is 2.34. The average Bonchev–Trinajstić information content (AvgIpc) is 3.23. The third-order valence-corrected chi connectivity index (χ3v) is 5.52. The van der Waals surface area contributed by atoms with Gasteiger partial charge in [0.25, 0.3) is 5.91 Å². The Morgan fingerprint density at radius 1 is 1.00 bits per heavy atom. The monoisotopic (exact) mass is 448 g/mol. The van der Waals surface area contributed by atoms with Gasteiger partial charge in [0.05, 0.1) is 11.5 Å². The lowest BCUT2D eigenvalue weighted by Gasteiger charge is -2.12. The zero-order chi connectivity index (χ0) is 22.5. The van der Waals surface area contributed by atoms with E-state index in [1.807, 2.05) is 92.6 Å². The summed E-state index contributed by atoms with van der Waals surface area (Å²) in [5.41, 5.74) is 1.67. The molecule has 1 aromatic heterocycles. The molecule has 0 spiro atoms. The fourth-order valence-corrected chi connectivity index (χ4v) is 3.80. The minimum Gasteiger partial charge on any atom is -0.493 e. The lowest BCUT2D eigenvalue weighted by Crippen LogP contribution is -2.15. The molecule has 4 aromatic rings. The Morgan fingerprint density at radius 2 is 1.81 bits per heavy atom. The van der Waals surface area contributed by atoms with Gasteiger partial charge in [0.2, 0.25) is 0 Å². The molecule has 0 saturated heterocycles. The number of amides is 1. The third kappa shape index (κ3) is 5.00. The van der Waals surface area contributed by atoms with Crippen LogP contribution in [0.3, 0.4) is 0 Å². The van der Waals surface area contributed by atoms with Crippen LogP contribution in [-0.2, 0) is 0 Å². The fraction of sp³-hybridized carbons (Fsp3) is 0.160. The highest BCUT2D eigenvalue weighted by Gasteiger charge is 2.15. The van der Waals surface area contributed by atoms with Crippen LogP contribution in [0, 0.1) is 0 Å². The van der Waals surface area contributed by atoms with Crippen LogP contribution in [-0.4, -0.2) is 26.6 Å². The summed E-state index contributed by atoms with van der Waals surface area (Å²) in [5.74, 6) is 1.97. The predicted molar refractivity (Wildman–Crippen MR) is 128 cm³/mol. The normalized spacial score (nSPS) is 10.7. The number of rotatable bonds is 8. The van der Waals surface area contributed by atoms with Crippen LogP contribution < -0.4 is 19.1 Å². The molecule has 0 radical (unpaired) electrons. The summed E-state index contributed by atoms with van der Waals surface area (Å²) in [7, 11) is 3.92. The van der Waals surface area contributed by atoms with E-state index in [1.54, 1.807) is 6.07 Å². The van der Waals surface area contributed by atoms with E-state index in [0.717, 1.165) is 33.7 Å². The second-order valence-corrected chi connectivity index (χ2v) is 8.07. The minimum atomic E-state index is -0.325. The molecule has 7 heteroatoms. The fourth-order valence-electron chi connectivity index (χ4n) is 3.09. The Morgan fingerprint density at radius 3 is 2.56 bits per heavy atom. The number of fused-ring (bicyclic) bond motifs is 1. The molecule has 0 aliphatic heterocycles. The molecule has 3 aromatic carbocycles. The Balaban J connectivity index is 1.50. The number of ether oxygens (including phenoxy) is 2. The average molecular weight is 449 g/mol. The van der Waals surface area contributed by atoms with Gasteiger partial charge < -0.3 is 18.8 Å². The first-order valence-corrected chi connectivity index (χ1v) is 11.0. The summed E-state index contributed by atoms with van der Waals surface area (Å²) in [4.78, 5) is 15.5. The molecule has 0 aliphatic rings. The van der Waals surface area contributed by atoms with Crippen molar-refractivity contribution < 1.29 is 18.7 Å². The van der Waals surface area contributed by atoms with E-state index in [-0.39, 0.29) is 11.7 Å². The Bertz CT molecular complexity index is 1220. The quantitative estimate of drug-likeness (QED) is 0.327. The van der Waals surface area contributed by atoms with Gasteiger partial charge in [0.15, 0.2) is 5.76 Å². The number of carbonyl (C=O) groups excluding carboxylic acids is 1. The van der Waals surface area contributed by atoms with Crippen molar-refractivity contribution in [3.63, 3.8) is 0 Å². The minimum absolute atomic E-state index is 0.248. The molecule has 1 heterocycles. The second-order valence-electron chi connectivity index (χ2n) is 7.22. The number of benzene rings is 3. The van der Waals surface area contributed by atoms with Gasteiger partial charge in [-0.2, -0.15) is 0 Å². The number of nitrogens with one attached hydrogen (secondary N) is 1. The van der Waals surface area contributed by atoms with Crippen LogP contribution in [0.1, 0.15) is 17.5 Å². The molecule has 0 atom stereocenters. The maximum atomic E-state index is 12.7. The molecule has 0 bridgehead atoms. The van der Waals surface area contributed by atoms with Crippen LogP contribution in [0.2, 0.25) is 0 Å². The molecule has 1 N–H and O–H groups in total. The van der Waals surface area contributed by atoms with Crippen molar-refractivity contribution in [1.82, 2.24) is 4.72 Å². The van der Waals surface area contributed by atoms with Gasteiger partial charge in [-0.3, -0.25) is 9.52 Å². The lowest BCUT2D eigenvalue weighted by molar-refractivity contribution is 0.0959. The largest absolute Gasteiger partial charge is 0.493 e. The number of carbonyl (C=O) groups is 1. The molecular weight excluding hydrogens is 424 g/mol. The second kappa shape index (κ2) is 9.70. The molecule has 4 rings (SSSR count). The van der Waals surface area contributed by atoms with Crippen molar-refractivity contribution in [1.29, 1.82) is 0 Å². The van der Waals surface area contributed by atoms with Crippen LogP contribution in [0.25, 0.3) is 11.0 Å². The van der Waals surface area contributed by atoms with Gasteiger partial charge >= 0.3 is 0 Å². The van der Waals surface area contributed by atoms with Crippen LogP contribution in [0.5, 0.6) is 17.2 Å². The highest BCUT2D eigenvalue weighted by atomic mass is 32.2. The van der Waals surface area contributed by atoms with Crippen molar-refractivity contribution in [2.24, 2.45) is 0 Å². The number of anilines is 1. The summed E-state index contributed by atoms with van der Waals surface area (Å²) in [6, 6.07) is 22.6. The van der Waals surface area contributed by atoms with Crippen LogP contribution in [0.15, 0.2) is 82.1 Å². The van der Waals surface area contributed by atoms with Crippen LogP contribution in [0.4, 0.5) is 5.69 Å². The topological polar surface area (TPSA) is 63.9 Å². The van der Waals surface area contributed by atoms with Gasteiger partial charge in [-0.1, -0.05) is 18.2 Å². The van der Waals surface area contributed by atoms with E-state index >= 15 is 0 Å². The zero-order valence-corrected chi connectivity index (χ0v) is 18.9. The Hall–Kier alpha value is -3.58. The van der Waals surface area contributed by atoms with Gasteiger partial charge in [0, 0.05) is 31.2 Å². The summed E-state index contributed by atoms with van der Waals surface area (Å²) in [6.45, 7) is 2.43. The molecule has 0 fully saturated rings. The van der Waals surface area contributed by atoms with Crippen molar-refractivity contribution in [2.45, 2.75) is 11.8 Å². The smallest absolute Gasteiger partial charge is 0.297 e. The first-order chi connectivity index (χ1) is 15.5. The summed E-state index contributed by atoms with van der Waals surface area (Å²) in [5, 5.41) is 0.874. The third-order valence-electron chi connectivity index (χ3n) is 4.69. The van der Waals surface area contributed by atoms with E-state index in [0.29, 0.717) is 23.7 Å². The van der Waals surface area contributed by atoms with Gasteiger partial charge in [-0.15, -0.1) is 0 Å².